The summed E-state index contributed by atoms with van der Waals surface area (Å²) in [4.78, 5) is 28.0. The van der Waals surface area contributed by atoms with Gasteiger partial charge < -0.3 is 15.0 Å². The predicted molar refractivity (Wildman–Crippen MR) is 120 cm³/mol. The molecule has 1 fully saturated rings. The first-order valence-corrected chi connectivity index (χ1v) is 10.5. The molecule has 3 aromatic rings. The number of amides is 1. The smallest absolute Gasteiger partial charge is 0.257 e. The van der Waals surface area contributed by atoms with Crippen molar-refractivity contribution in [1.82, 2.24) is 19.9 Å². The Balaban J connectivity index is 1.54. The zero-order chi connectivity index (χ0) is 21.8. The van der Waals surface area contributed by atoms with Crippen LogP contribution in [0.5, 0.6) is 5.75 Å². The lowest BCUT2D eigenvalue weighted by atomic mass is 9.92. The quantitative estimate of drug-likeness (QED) is 0.678. The maximum absolute atomic E-state index is 13.0. The Bertz CT molecular complexity index is 1050. The summed E-state index contributed by atoms with van der Waals surface area (Å²) in [5, 5.41) is 2.87. The number of benzene rings is 1. The zero-order valence-corrected chi connectivity index (χ0v) is 18.1. The van der Waals surface area contributed by atoms with Crippen LogP contribution in [0.1, 0.15) is 40.5 Å². The second-order valence-electron chi connectivity index (χ2n) is 7.79. The van der Waals surface area contributed by atoms with E-state index in [1.807, 2.05) is 24.0 Å². The van der Waals surface area contributed by atoms with Gasteiger partial charge in [0.2, 0.25) is 5.95 Å². The second-order valence-corrected chi connectivity index (χ2v) is 7.79. The van der Waals surface area contributed by atoms with E-state index in [9.17, 15) is 4.79 Å². The molecule has 0 bridgehead atoms. The number of piperidine rings is 1. The summed E-state index contributed by atoms with van der Waals surface area (Å²) in [6.07, 6.45) is 5.12. The van der Waals surface area contributed by atoms with Gasteiger partial charge >= 0.3 is 0 Å². The number of hydrogen-bond acceptors (Lipinski definition) is 6. The van der Waals surface area contributed by atoms with Gasteiger partial charge in [-0.15, -0.1) is 0 Å². The molecule has 1 N–H and O–H groups in total. The highest BCUT2D eigenvalue weighted by atomic mass is 16.5. The fourth-order valence-electron chi connectivity index (χ4n) is 4.01. The van der Waals surface area contributed by atoms with Crippen LogP contribution in [0.3, 0.4) is 0 Å². The van der Waals surface area contributed by atoms with Gasteiger partial charge in [-0.05, 0) is 55.2 Å². The number of hydrogen-bond donors (Lipinski definition) is 1. The molecular weight excluding hydrogens is 390 g/mol. The number of aromatic nitrogens is 3. The number of aryl methyl sites for hydroxylation is 1. The summed E-state index contributed by atoms with van der Waals surface area (Å²) >= 11 is 0. The van der Waals surface area contributed by atoms with Crippen molar-refractivity contribution in [2.45, 2.75) is 25.7 Å². The summed E-state index contributed by atoms with van der Waals surface area (Å²) in [6.45, 7) is 3.40. The van der Waals surface area contributed by atoms with Crippen LogP contribution in [0.25, 0.3) is 11.1 Å². The van der Waals surface area contributed by atoms with Gasteiger partial charge in [0, 0.05) is 49.8 Å². The zero-order valence-electron chi connectivity index (χ0n) is 18.1. The Hall–Kier alpha value is -3.48. The number of nitrogens with zero attached hydrogens (tertiary/aromatic N) is 4. The van der Waals surface area contributed by atoms with Gasteiger partial charge in [-0.1, -0.05) is 12.1 Å². The van der Waals surface area contributed by atoms with Crippen molar-refractivity contribution in [1.29, 1.82) is 0 Å². The number of methoxy groups -OCH3 is 1. The van der Waals surface area contributed by atoms with E-state index in [0.717, 1.165) is 47.7 Å². The standard InChI is InChI=1S/C24H27N5O2/c1-16-11-19(17-6-8-21(31-3)9-7-17)12-22(28-16)18-5-4-10-29(15-18)23(30)20-13-26-24(25-2)27-14-20/h6-9,11-14,18H,4-5,10,15H2,1-3H3,(H,25,26,27)/t18-/m1/s1. The average Bonchev–Trinajstić information content (AvgIpc) is 2.83. The van der Waals surface area contributed by atoms with Gasteiger partial charge in [-0.3, -0.25) is 9.78 Å². The second kappa shape index (κ2) is 9.12. The molecule has 0 radical (unpaired) electrons. The lowest BCUT2D eigenvalue weighted by Crippen LogP contribution is -2.39. The third-order valence-corrected chi connectivity index (χ3v) is 5.65. The highest BCUT2D eigenvalue weighted by Crippen LogP contribution is 2.30. The molecule has 0 spiro atoms. The van der Waals surface area contributed by atoms with E-state index in [1.54, 1.807) is 26.6 Å². The van der Waals surface area contributed by atoms with E-state index in [4.69, 9.17) is 9.72 Å². The summed E-state index contributed by atoms with van der Waals surface area (Å²) in [6, 6.07) is 12.3. The van der Waals surface area contributed by atoms with E-state index in [2.05, 4.69) is 39.6 Å². The van der Waals surface area contributed by atoms with E-state index < -0.39 is 0 Å². The van der Waals surface area contributed by atoms with Gasteiger partial charge in [0.15, 0.2) is 0 Å². The first kappa shape index (κ1) is 20.8. The molecule has 1 aliphatic rings. The van der Waals surface area contributed by atoms with Crippen molar-refractivity contribution >= 4 is 11.9 Å². The van der Waals surface area contributed by atoms with Crippen LogP contribution >= 0.6 is 0 Å². The molecule has 1 aromatic carbocycles. The van der Waals surface area contributed by atoms with Crippen molar-refractivity contribution in [3.63, 3.8) is 0 Å². The molecule has 2 aromatic heterocycles. The molecule has 1 amide bonds. The largest absolute Gasteiger partial charge is 0.497 e. The molecule has 0 saturated carbocycles. The van der Waals surface area contributed by atoms with Crippen molar-refractivity contribution < 1.29 is 9.53 Å². The number of rotatable bonds is 5. The molecule has 4 rings (SSSR count). The van der Waals surface area contributed by atoms with E-state index in [0.29, 0.717) is 18.1 Å². The molecule has 31 heavy (non-hydrogen) atoms. The van der Waals surface area contributed by atoms with E-state index >= 15 is 0 Å². The van der Waals surface area contributed by atoms with Gasteiger partial charge in [-0.25, -0.2) is 9.97 Å². The highest BCUT2D eigenvalue weighted by Gasteiger charge is 2.27. The molecule has 160 valence electrons. The summed E-state index contributed by atoms with van der Waals surface area (Å²) < 4.78 is 5.27. The highest BCUT2D eigenvalue weighted by molar-refractivity contribution is 5.93. The number of carbonyl (C=O) groups excluding carboxylic acids is 1. The Morgan fingerprint density at radius 2 is 1.87 bits per heavy atom. The van der Waals surface area contributed by atoms with Crippen LogP contribution in [0.2, 0.25) is 0 Å². The van der Waals surface area contributed by atoms with Crippen LogP contribution < -0.4 is 10.1 Å². The van der Waals surface area contributed by atoms with Crippen LogP contribution in [-0.4, -0.2) is 53.0 Å². The van der Waals surface area contributed by atoms with Gasteiger partial charge in [0.1, 0.15) is 5.75 Å². The number of anilines is 1. The molecule has 7 heteroatoms. The normalized spacial score (nSPS) is 16.1. The number of ether oxygens (including phenoxy) is 1. The molecule has 1 atom stereocenters. The molecule has 1 saturated heterocycles. The van der Waals surface area contributed by atoms with Crippen LogP contribution in [-0.2, 0) is 0 Å². The fraction of sp³-hybridized carbons (Fsp3) is 0.333. The van der Waals surface area contributed by atoms with Crippen LogP contribution in [0.4, 0.5) is 5.95 Å². The SMILES string of the molecule is CNc1ncc(C(=O)N2CCC[C@@H](c3cc(-c4ccc(OC)cc4)cc(C)n3)C2)cn1. The Kier molecular flexibility index (Phi) is 6.11. The lowest BCUT2D eigenvalue weighted by molar-refractivity contribution is 0.0705. The Morgan fingerprint density at radius 1 is 1.13 bits per heavy atom. The molecule has 3 heterocycles. The number of pyridine rings is 1. The lowest BCUT2D eigenvalue weighted by Gasteiger charge is -2.32. The third kappa shape index (κ3) is 4.66. The summed E-state index contributed by atoms with van der Waals surface area (Å²) in [7, 11) is 3.42. The topological polar surface area (TPSA) is 80.2 Å². The minimum absolute atomic E-state index is 0.0321. The molecule has 0 aliphatic carbocycles. The Morgan fingerprint density at radius 3 is 2.55 bits per heavy atom. The van der Waals surface area contributed by atoms with Gasteiger partial charge in [0.25, 0.3) is 5.91 Å². The maximum Gasteiger partial charge on any atom is 0.257 e. The van der Waals surface area contributed by atoms with Crippen molar-refractivity contribution in [3.05, 3.63) is 65.7 Å². The van der Waals surface area contributed by atoms with Crippen molar-refractivity contribution in [3.8, 4) is 16.9 Å². The first-order chi connectivity index (χ1) is 15.1. The van der Waals surface area contributed by atoms with E-state index in [1.165, 1.54) is 0 Å². The predicted octanol–water partition coefficient (Wildman–Crippen LogP) is 3.92. The monoisotopic (exact) mass is 417 g/mol. The first-order valence-electron chi connectivity index (χ1n) is 10.5. The van der Waals surface area contributed by atoms with Crippen molar-refractivity contribution in [2.24, 2.45) is 0 Å². The Labute approximate surface area is 182 Å². The number of likely N-dealkylation sites (tertiary alicyclic amines) is 1. The third-order valence-electron chi connectivity index (χ3n) is 5.65. The minimum atomic E-state index is -0.0321. The molecule has 0 unspecified atom stereocenters. The number of nitrogens with one attached hydrogen (secondary N) is 1. The van der Waals surface area contributed by atoms with Gasteiger partial charge in [0.05, 0.1) is 12.7 Å². The van der Waals surface area contributed by atoms with Gasteiger partial charge in [-0.2, -0.15) is 0 Å². The number of carbonyl (C=O) groups is 1. The van der Waals surface area contributed by atoms with Crippen LogP contribution in [0, 0.1) is 6.92 Å². The fourth-order valence-corrected chi connectivity index (χ4v) is 4.01. The molecular formula is C24H27N5O2. The van der Waals surface area contributed by atoms with Crippen LogP contribution in [0.15, 0.2) is 48.8 Å². The molecule has 1 aliphatic heterocycles. The average molecular weight is 418 g/mol. The van der Waals surface area contributed by atoms with Crippen molar-refractivity contribution in [2.75, 3.05) is 32.6 Å². The van der Waals surface area contributed by atoms with E-state index in [-0.39, 0.29) is 11.8 Å². The summed E-state index contributed by atoms with van der Waals surface area (Å²) in [5.74, 6) is 1.51. The summed E-state index contributed by atoms with van der Waals surface area (Å²) in [5.41, 5.74) is 4.77. The molecule has 7 nitrogen and oxygen atoms in total. The maximum atomic E-state index is 13.0. The minimum Gasteiger partial charge on any atom is -0.497 e.